The predicted octanol–water partition coefficient (Wildman–Crippen LogP) is 2.96. The Kier molecular flexibility index (Phi) is 5.91. The maximum atomic E-state index is 11.6. The molecule has 10 heteroatoms. The SMILES string of the molecule is COC1(CCOc2cc(-c3c[nH]c4cnc(NC(C)=O)cc34)nc3c2CCOC32CCOC2)COC1. The van der Waals surface area contributed by atoms with Crippen LogP contribution in [-0.4, -0.2) is 73.2 Å². The Hall–Kier alpha value is -3.05. The Morgan fingerprint density at radius 1 is 1.22 bits per heavy atom. The highest BCUT2D eigenvalue weighted by atomic mass is 16.6. The molecule has 1 unspecified atom stereocenters. The smallest absolute Gasteiger partial charge is 0.222 e. The van der Waals surface area contributed by atoms with Crippen LogP contribution in [0.5, 0.6) is 5.75 Å². The molecule has 36 heavy (non-hydrogen) atoms. The molecule has 190 valence electrons. The van der Waals surface area contributed by atoms with E-state index in [1.807, 2.05) is 18.3 Å². The number of carbonyl (C=O) groups excluding carboxylic acids is 1. The van der Waals surface area contributed by atoms with Crippen LogP contribution in [0.4, 0.5) is 5.82 Å². The van der Waals surface area contributed by atoms with Crippen LogP contribution in [0.2, 0.25) is 0 Å². The van der Waals surface area contributed by atoms with Gasteiger partial charge in [-0.05, 0) is 6.07 Å². The molecule has 0 radical (unpaired) electrons. The molecule has 2 saturated heterocycles. The topological polar surface area (TPSA) is 117 Å². The number of aromatic nitrogens is 3. The summed E-state index contributed by atoms with van der Waals surface area (Å²) in [6, 6.07) is 3.86. The van der Waals surface area contributed by atoms with Crippen LogP contribution >= 0.6 is 0 Å². The molecule has 10 nitrogen and oxygen atoms in total. The van der Waals surface area contributed by atoms with E-state index < -0.39 is 5.60 Å². The summed E-state index contributed by atoms with van der Waals surface area (Å²) < 4.78 is 29.5. The van der Waals surface area contributed by atoms with Crippen molar-refractivity contribution >= 4 is 22.6 Å². The molecule has 0 bridgehead atoms. The monoisotopic (exact) mass is 494 g/mol. The number of aromatic amines is 1. The van der Waals surface area contributed by atoms with Crippen LogP contribution in [0.3, 0.4) is 0 Å². The van der Waals surface area contributed by atoms with Gasteiger partial charge in [-0.1, -0.05) is 0 Å². The average molecular weight is 495 g/mol. The van der Waals surface area contributed by atoms with E-state index >= 15 is 0 Å². The normalized spacial score (nSPS) is 22.4. The Bertz CT molecular complexity index is 1290. The first-order valence-corrected chi connectivity index (χ1v) is 12.3. The van der Waals surface area contributed by atoms with Crippen LogP contribution in [0.1, 0.15) is 31.0 Å². The second-order valence-electron chi connectivity index (χ2n) is 9.71. The van der Waals surface area contributed by atoms with Crippen LogP contribution in [-0.2, 0) is 35.8 Å². The van der Waals surface area contributed by atoms with Gasteiger partial charge >= 0.3 is 0 Å². The first kappa shape index (κ1) is 23.4. The van der Waals surface area contributed by atoms with Crippen molar-refractivity contribution in [1.82, 2.24) is 15.0 Å². The van der Waals surface area contributed by atoms with Gasteiger partial charge in [0.1, 0.15) is 22.8 Å². The van der Waals surface area contributed by atoms with Crippen LogP contribution < -0.4 is 10.1 Å². The largest absolute Gasteiger partial charge is 0.493 e. The highest BCUT2D eigenvalue weighted by molar-refractivity contribution is 5.97. The average Bonchev–Trinajstić information content (AvgIpc) is 3.48. The van der Waals surface area contributed by atoms with Gasteiger partial charge in [-0.15, -0.1) is 0 Å². The minimum Gasteiger partial charge on any atom is -0.493 e. The maximum Gasteiger partial charge on any atom is 0.222 e. The van der Waals surface area contributed by atoms with Gasteiger partial charge in [0.05, 0.1) is 56.1 Å². The fourth-order valence-electron chi connectivity index (χ4n) is 5.22. The third-order valence-corrected chi connectivity index (χ3v) is 7.36. The van der Waals surface area contributed by atoms with Gasteiger partial charge in [0.2, 0.25) is 5.91 Å². The summed E-state index contributed by atoms with van der Waals surface area (Å²) in [6.07, 6.45) is 5.84. The molecule has 2 fully saturated rings. The molecule has 3 aromatic rings. The first-order chi connectivity index (χ1) is 17.5. The van der Waals surface area contributed by atoms with Gasteiger partial charge in [-0.3, -0.25) is 4.79 Å². The van der Waals surface area contributed by atoms with E-state index in [0.717, 1.165) is 58.4 Å². The van der Waals surface area contributed by atoms with Crippen LogP contribution in [0.15, 0.2) is 24.5 Å². The number of hydrogen-bond acceptors (Lipinski definition) is 8. The molecule has 1 atom stereocenters. The Morgan fingerprint density at radius 3 is 2.83 bits per heavy atom. The molecule has 3 aliphatic rings. The van der Waals surface area contributed by atoms with Crippen molar-refractivity contribution in [3.8, 4) is 17.0 Å². The van der Waals surface area contributed by atoms with E-state index in [1.54, 1.807) is 13.3 Å². The molecular formula is C26H30N4O6. The third-order valence-electron chi connectivity index (χ3n) is 7.36. The summed E-state index contributed by atoms with van der Waals surface area (Å²) in [7, 11) is 1.72. The predicted molar refractivity (Wildman–Crippen MR) is 131 cm³/mol. The van der Waals surface area contributed by atoms with Gasteiger partial charge in [-0.25, -0.2) is 9.97 Å². The maximum absolute atomic E-state index is 11.6. The Morgan fingerprint density at radius 2 is 2.11 bits per heavy atom. The van der Waals surface area contributed by atoms with E-state index in [0.29, 0.717) is 45.5 Å². The summed E-state index contributed by atoms with van der Waals surface area (Å²) in [6.45, 7) is 4.85. The number of pyridine rings is 2. The van der Waals surface area contributed by atoms with Gasteiger partial charge in [0, 0.05) is 68.7 Å². The number of rotatable bonds is 7. The molecule has 6 rings (SSSR count). The third kappa shape index (κ3) is 4.03. The van der Waals surface area contributed by atoms with Crippen molar-refractivity contribution in [2.75, 3.05) is 52.1 Å². The van der Waals surface area contributed by atoms with Gasteiger partial charge in [0.15, 0.2) is 0 Å². The van der Waals surface area contributed by atoms with E-state index in [4.69, 9.17) is 28.7 Å². The molecule has 0 aromatic carbocycles. The number of amides is 1. The summed E-state index contributed by atoms with van der Waals surface area (Å²) in [4.78, 5) is 24.3. The number of H-pyrrole nitrogens is 1. The second-order valence-corrected chi connectivity index (χ2v) is 9.71. The lowest BCUT2D eigenvalue weighted by atomic mass is 9.89. The standard InChI is InChI=1S/C26H30N4O6/c1-16(31)29-23-9-18-19(11-27-21(18)12-28-23)20-10-22(35-8-4-25(32-2)13-34-14-25)17-3-6-36-26(24(17)30-20)5-7-33-15-26/h9-12,27H,3-8,13-15H2,1-2H3,(H,28,29,31). The molecule has 6 heterocycles. The molecule has 3 aromatic heterocycles. The summed E-state index contributed by atoms with van der Waals surface area (Å²) in [5.74, 6) is 1.12. The summed E-state index contributed by atoms with van der Waals surface area (Å²) in [5.41, 5.74) is 3.64. The Balaban J connectivity index is 1.41. The van der Waals surface area contributed by atoms with E-state index in [2.05, 4.69) is 15.3 Å². The fraction of sp³-hybridized carbons (Fsp3) is 0.500. The number of carbonyl (C=O) groups is 1. The van der Waals surface area contributed by atoms with Crippen LogP contribution in [0.25, 0.3) is 22.2 Å². The molecule has 3 aliphatic heterocycles. The quantitative estimate of drug-likeness (QED) is 0.515. The van der Waals surface area contributed by atoms with E-state index in [-0.39, 0.29) is 11.5 Å². The number of fused-ring (bicyclic) bond motifs is 3. The molecule has 0 aliphatic carbocycles. The summed E-state index contributed by atoms with van der Waals surface area (Å²) >= 11 is 0. The van der Waals surface area contributed by atoms with Crippen molar-refractivity contribution in [1.29, 1.82) is 0 Å². The van der Waals surface area contributed by atoms with Crippen molar-refractivity contribution < 1.29 is 28.5 Å². The Labute approximate surface area is 208 Å². The van der Waals surface area contributed by atoms with E-state index in [9.17, 15) is 4.79 Å². The second kappa shape index (κ2) is 9.11. The number of methoxy groups -OCH3 is 1. The molecular weight excluding hydrogens is 464 g/mol. The zero-order valence-electron chi connectivity index (χ0n) is 20.5. The number of anilines is 1. The van der Waals surface area contributed by atoms with Crippen molar-refractivity contribution in [3.63, 3.8) is 0 Å². The van der Waals surface area contributed by atoms with Crippen molar-refractivity contribution in [3.05, 3.63) is 35.8 Å². The first-order valence-electron chi connectivity index (χ1n) is 12.3. The minimum absolute atomic E-state index is 0.174. The lowest BCUT2D eigenvalue weighted by Crippen LogP contribution is -2.52. The highest BCUT2D eigenvalue weighted by Crippen LogP contribution is 2.44. The molecule has 2 N–H and O–H groups in total. The molecule has 1 amide bonds. The van der Waals surface area contributed by atoms with Gasteiger partial charge in [-0.2, -0.15) is 0 Å². The zero-order valence-corrected chi connectivity index (χ0v) is 20.5. The van der Waals surface area contributed by atoms with Crippen LogP contribution in [0, 0.1) is 0 Å². The minimum atomic E-state index is -0.563. The number of hydrogen-bond donors (Lipinski definition) is 2. The van der Waals surface area contributed by atoms with Crippen molar-refractivity contribution in [2.24, 2.45) is 0 Å². The lowest BCUT2D eigenvalue weighted by molar-refractivity contribution is -0.201. The van der Waals surface area contributed by atoms with Gasteiger partial charge < -0.3 is 34.0 Å². The summed E-state index contributed by atoms with van der Waals surface area (Å²) in [5, 5.41) is 3.67. The number of ether oxygens (including phenoxy) is 5. The molecule has 0 saturated carbocycles. The highest BCUT2D eigenvalue weighted by Gasteiger charge is 2.45. The van der Waals surface area contributed by atoms with E-state index in [1.165, 1.54) is 6.92 Å². The lowest BCUT2D eigenvalue weighted by Gasteiger charge is -2.40. The van der Waals surface area contributed by atoms with Gasteiger partial charge in [0.25, 0.3) is 0 Å². The van der Waals surface area contributed by atoms with Crippen molar-refractivity contribution in [2.45, 2.75) is 37.4 Å². The number of nitrogens with zero attached hydrogens (tertiary/aromatic N) is 2. The number of nitrogens with one attached hydrogen (secondary N) is 2. The molecule has 1 spiro atoms. The fourth-order valence-corrected chi connectivity index (χ4v) is 5.22. The zero-order chi connectivity index (χ0) is 24.8.